The number of rotatable bonds is 4. The van der Waals surface area contributed by atoms with Crippen LogP contribution in [-0.4, -0.2) is 0 Å². The summed E-state index contributed by atoms with van der Waals surface area (Å²) in [5.74, 6) is 0. The zero-order valence-electron chi connectivity index (χ0n) is 10.2. The van der Waals surface area contributed by atoms with Gasteiger partial charge in [0.1, 0.15) is 0 Å². The van der Waals surface area contributed by atoms with Gasteiger partial charge in [0.05, 0.1) is 5.38 Å². The molecule has 1 nitrogen and oxygen atoms in total. The van der Waals surface area contributed by atoms with Crippen molar-refractivity contribution >= 4 is 33.2 Å². The minimum atomic E-state index is 0.0126. The third kappa shape index (κ3) is 3.50. The van der Waals surface area contributed by atoms with Crippen LogP contribution in [0, 0.1) is 0 Å². The van der Waals surface area contributed by atoms with E-state index >= 15 is 0 Å². The van der Waals surface area contributed by atoms with E-state index in [0.717, 1.165) is 22.3 Å². The van der Waals surface area contributed by atoms with Crippen molar-refractivity contribution in [2.24, 2.45) is 0 Å². The fourth-order valence-corrected chi connectivity index (χ4v) is 2.26. The van der Waals surface area contributed by atoms with Crippen molar-refractivity contribution in [3.8, 4) is 0 Å². The van der Waals surface area contributed by atoms with E-state index in [1.807, 2.05) is 31.2 Å². The molecule has 2 rings (SSSR count). The second kappa shape index (κ2) is 6.26. The summed E-state index contributed by atoms with van der Waals surface area (Å²) in [5, 5.41) is 3.44. The van der Waals surface area contributed by atoms with Crippen LogP contribution in [0.1, 0.15) is 23.4 Å². The average molecular weight is 325 g/mol. The Balaban J connectivity index is 2.08. The summed E-state index contributed by atoms with van der Waals surface area (Å²) in [6, 6.07) is 16.5. The smallest absolute Gasteiger partial charge is 0.0577 e. The zero-order chi connectivity index (χ0) is 13.0. The van der Waals surface area contributed by atoms with Crippen molar-refractivity contribution in [2.45, 2.75) is 18.8 Å². The molecule has 94 valence electrons. The molecular formula is C15H15BrClN. The molecule has 1 unspecified atom stereocenters. The Morgan fingerprint density at radius 1 is 1.11 bits per heavy atom. The molecule has 0 aliphatic carbocycles. The van der Waals surface area contributed by atoms with Crippen LogP contribution in [0.3, 0.4) is 0 Å². The molecule has 2 aromatic carbocycles. The minimum absolute atomic E-state index is 0.0126. The standard InChI is InChI=1S/C15H15BrClN/c1-11(17)14-4-2-3-5-15(14)18-10-12-6-8-13(16)9-7-12/h2-9,11,18H,10H2,1H3. The van der Waals surface area contributed by atoms with Gasteiger partial charge in [-0.15, -0.1) is 11.6 Å². The van der Waals surface area contributed by atoms with Crippen molar-refractivity contribution in [1.82, 2.24) is 0 Å². The molecule has 0 aliphatic rings. The molecule has 0 radical (unpaired) electrons. The number of nitrogens with one attached hydrogen (secondary N) is 1. The molecule has 0 aromatic heterocycles. The summed E-state index contributed by atoms with van der Waals surface area (Å²) >= 11 is 9.60. The fraction of sp³-hybridized carbons (Fsp3) is 0.200. The predicted octanol–water partition coefficient (Wildman–Crippen LogP) is 5.36. The highest BCUT2D eigenvalue weighted by Gasteiger charge is 2.06. The molecule has 0 bridgehead atoms. The summed E-state index contributed by atoms with van der Waals surface area (Å²) < 4.78 is 1.10. The van der Waals surface area contributed by atoms with Gasteiger partial charge in [-0.1, -0.05) is 46.3 Å². The topological polar surface area (TPSA) is 12.0 Å². The maximum Gasteiger partial charge on any atom is 0.0577 e. The van der Waals surface area contributed by atoms with E-state index in [1.165, 1.54) is 5.56 Å². The molecule has 18 heavy (non-hydrogen) atoms. The zero-order valence-corrected chi connectivity index (χ0v) is 12.5. The third-order valence-electron chi connectivity index (χ3n) is 2.79. The van der Waals surface area contributed by atoms with Crippen LogP contribution in [0.15, 0.2) is 53.0 Å². The highest BCUT2D eigenvalue weighted by molar-refractivity contribution is 9.10. The van der Waals surface area contributed by atoms with Crippen LogP contribution < -0.4 is 5.32 Å². The van der Waals surface area contributed by atoms with Crippen molar-refractivity contribution < 1.29 is 0 Å². The van der Waals surface area contributed by atoms with Gasteiger partial charge in [0, 0.05) is 16.7 Å². The van der Waals surface area contributed by atoms with E-state index in [4.69, 9.17) is 11.6 Å². The van der Waals surface area contributed by atoms with E-state index in [9.17, 15) is 0 Å². The predicted molar refractivity (Wildman–Crippen MR) is 82.2 cm³/mol. The van der Waals surface area contributed by atoms with E-state index in [2.05, 4.69) is 45.5 Å². The number of benzene rings is 2. The summed E-state index contributed by atoms with van der Waals surface area (Å²) in [5.41, 5.74) is 3.48. The molecule has 2 aromatic rings. The van der Waals surface area contributed by atoms with Crippen LogP contribution in [0.25, 0.3) is 0 Å². The highest BCUT2D eigenvalue weighted by Crippen LogP contribution is 2.27. The lowest BCUT2D eigenvalue weighted by Gasteiger charge is -2.13. The Morgan fingerprint density at radius 2 is 1.78 bits per heavy atom. The Labute approximate surface area is 121 Å². The molecule has 1 N–H and O–H groups in total. The lowest BCUT2D eigenvalue weighted by atomic mass is 10.1. The summed E-state index contributed by atoms with van der Waals surface area (Å²) in [4.78, 5) is 0. The average Bonchev–Trinajstić information content (AvgIpc) is 2.38. The molecule has 3 heteroatoms. The number of alkyl halides is 1. The Bertz CT molecular complexity index is 508. The normalized spacial score (nSPS) is 12.2. The first-order valence-corrected chi connectivity index (χ1v) is 7.11. The van der Waals surface area contributed by atoms with Gasteiger partial charge in [-0.3, -0.25) is 0 Å². The van der Waals surface area contributed by atoms with E-state index in [0.29, 0.717) is 0 Å². The lowest BCUT2D eigenvalue weighted by molar-refractivity contribution is 1.06. The maximum atomic E-state index is 6.16. The second-order valence-electron chi connectivity index (χ2n) is 4.18. The van der Waals surface area contributed by atoms with E-state index in [1.54, 1.807) is 0 Å². The van der Waals surface area contributed by atoms with Crippen molar-refractivity contribution in [1.29, 1.82) is 0 Å². The molecule has 0 spiro atoms. The van der Waals surface area contributed by atoms with Gasteiger partial charge in [-0.05, 0) is 36.2 Å². The molecule has 0 heterocycles. The number of hydrogen-bond donors (Lipinski definition) is 1. The maximum absolute atomic E-state index is 6.16. The fourth-order valence-electron chi connectivity index (χ4n) is 1.80. The molecular weight excluding hydrogens is 310 g/mol. The van der Waals surface area contributed by atoms with Crippen LogP contribution in [-0.2, 0) is 6.54 Å². The van der Waals surface area contributed by atoms with Crippen LogP contribution in [0.4, 0.5) is 5.69 Å². The first kappa shape index (κ1) is 13.4. The van der Waals surface area contributed by atoms with Gasteiger partial charge < -0.3 is 5.32 Å². The van der Waals surface area contributed by atoms with Gasteiger partial charge in [0.25, 0.3) is 0 Å². The first-order chi connectivity index (χ1) is 8.66. The van der Waals surface area contributed by atoms with E-state index < -0.39 is 0 Å². The van der Waals surface area contributed by atoms with E-state index in [-0.39, 0.29) is 5.38 Å². The number of halogens is 2. The SMILES string of the molecule is CC(Cl)c1ccccc1NCc1ccc(Br)cc1. The summed E-state index contributed by atoms with van der Waals surface area (Å²) in [6.45, 7) is 2.79. The number of para-hydroxylation sites is 1. The van der Waals surface area contributed by atoms with Crippen molar-refractivity contribution in [3.63, 3.8) is 0 Å². The molecule has 0 fully saturated rings. The summed E-state index contributed by atoms with van der Waals surface area (Å²) in [6.07, 6.45) is 0. The lowest BCUT2D eigenvalue weighted by Crippen LogP contribution is -2.02. The second-order valence-corrected chi connectivity index (χ2v) is 5.75. The van der Waals surface area contributed by atoms with Crippen LogP contribution >= 0.6 is 27.5 Å². The molecule has 0 saturated heterocycles. The Morgan fingerprint density at radius 3 is 2.44 bits per heavy atom. The highest BCUT2D eigenvalue weighted by atomic mass is 79.9. The number of hydrogen-bond acceptors (Lipinski definition) is 1. The largest absolute Gasteiger partial charge is 0.381 e. The molecule has 1 atom stereocenters. The van der Waals surface area contributed by atoms with Crippen molar-refractivity contribution in [2.75, 3.05) is 5.32 Å². The molecule has 0 saturated carbocycles. The molecule has 0 aliphatic heterocycles. The quantitative estimate of drug-likeness (QED) is 0.746. The van der Waals surface area contributed by atoms with Crippen molar-refractivity contribution in [3.05, 3.63) is 64.1 Å². The van der Waals surface area contributed by atoms with Gasteiger partial charge in [0.15, 0.2) is 0 Å². The van der Waals surface area contributed by atoms with Crippen LogP contribution in [0.5, 0.6) is 0 Å². The summed E-state index contributed by atoms with van der Waals surface area (Å²) in [7, 11) is 0. The first-order valence-electron chi connectivity index (χ1n) is 5.88. The number of anilines is 1. The Hall–Kier alpha value is -0.990. The van der Waals surface area contributed by atoms with Gasteiger partial charge in [-0.25, -0.2) is 0 Å². The molecule has 0 amide bonds. The van der Waals surface area contributed by atoms with Crippen LogP contribution in [0.2, 0.25) is 0 Å². The van der Waals surface area contributed by atoms with Gasteiger partial charge >= 0.3 is 0 Å². The monoisotopic (exact) mass is 323 g/mol. The Kier molecular flexibility index (Phi) is 4.67. The van der Waals surface area contributed by atoms with Gasteiger partial charge in [-0.2, -0.15) is 0 Å². The van der Waals surface area contributed by atoms with Gasteiger partial charge in [0.2, 0.25) is 0 Å². The third-order valence-corrected chi connectivity index (χ3v) is 3.55. The minimum Gasteiger partial charge on any atom is -0.381 e.